The average Bonchev–Trinajstić information content (AvgIpc) is 3.75. The molecule has 0 amide bonds. The number of carbonyl (C=O) groups excluding carboxylic acids is 1. The Bertz CT molecular complexity index is 1270. The summed E-state index contributed by atoms with van der Waals surface area (Å²) in [4.78, 5) is 19.0. The van der Waals surface area contributed by atoms with Crippen molar-refractivity contribution in [3.8, 4) is 0 Å². The molecule has 2 saturated carbocycles. The van der Waals surface area contributed by atoms with Gasteiger partial charge in [-0.2, -0.15) is 5.10 Å². The third-order valence-corrected chi connectivity index (χ3v) is 8.09. The van der Waals surface area contributed by atoms with Gasteiger partial charge in [-0.25, -0.2) is 0 Å². The van der Waals surface area contributed by atoms with E-state index >= 15 is 0 Å². The van der Waals surface area contributed by atoms with Crippen molar-refractivity contribution in [1.29, 1.82) is 0 Å². The van der Waals surface area contributed by atoms with E-state index in [1.165, 1.54) is 31.2 Å². The van der Waals surface area contributed by atoms with E-state index in [9.17, 15) is 4.79 Å². The van der Waals surface area contributed by atoms with Crippen molar-refractivity contribution < 1.29 is 4.79 Å². The second kappa shape index (κ2) is 8.07. The Hall–Kier alpha value is -2.95. The number of amidine groups is 1. The van der Waals surface area contributed by atoms with Crippen LogP contribution in [0.15, 0.2) is 53.7 Å². The lowest BCUT2D eigenvalue weighted by molar-refractivity contribution is -0.124. The Morgan fingerprint density at radius 2 is 1.79 bits per heavy atom. The predicted octanol–water partition coefficient (Wildman–Crippen LogP) is 5.68. The van der Waals surface area contributed by atoms with Gasteiger partial charge in [0.05, 0.1) is 22.9 Å². The maximum atomic E-state index is 14.0. The first-order valence-corrected chi connectivity index (χ1v) is 12.9. The standard InChI is InChI=1S/C29H34N4O/c1-3-4-24-27(34)26(21-11-9-20(10-12-21)19-7-8-19)29(2,31-28(24)30)23-14-13-22-17-33(16-18-5-6-18)32-25(22)15-23/h9-15,17-19,24,26H,3-8,16H2,1-2H3,(H2,30,31)/t24?,26-,29+/m0/s1. The topological polar surface area (TPSA) is 73.3 Å². The summed E-state index contributed by atoms with van der Waals surface area (Å²) < 4.78 is 2.07. The number of Topliss-reactive ketones (excluding diaryl/α,β-unsaturated/α-hetero) is 1. The summed E-state index contributed by atoms with van der Waals surface area (Å²) in [7, 11) is 0. The van der Waals surface area contributed by atoms with E-state index in [1.807, 2.05) is 0 Å². The summed E-state index contributed by atoms with van der Waals surface area (Å²) in [6.45, 7) is 5.15. The third-order valence-electron chi connectivity index (χ3n) is 8.09. The van der Waals surface area contributed by atoms with Crippen molar-refractivity contribution in [2.45, 2.75) is 76.3 Å². The predicted molar refractivity (Wildman–Crippen MR) is 136 cm³/mol. The summed E-state index contributed by atoms with van der Waals surface area (Å²) in [6.07, 6.45) is 8.92. The van der Waals surface area contributed by atoms with Crippen molar-refractivity contribution in [2.24, 2.45) is 22.6 Å². The summed E-state index contributed by atoms with van der Waals surface area (Å²) in [5, 5.41) is 5.98. The highest BCUT2D eigenvalue weighted by atomic mass is 16.1. The van der Waals surface area contributed by atoms with E-state index in [1.54, 1.807) is 0 Å². The van der Waals surface area contributed by atoms with Gasteiger partial charge in [0, 0.05) is 18.1 Å². The summed E-state index contributed by atoms with van der Waals surface area (Å²) in [5.74, 6) is 1.44. The zero-order valence-electron chi connectivity index (χ0n) is 20.2. The first kappa shape index (κ1) is 21.6. The fourth-order valence-electron chi connectivity index (χ4n) is 5.75. The number of nitrogens with zero attached hydrogens (tertiary/aromatic N) is 3. The van der Waals surface area contributed by atoms with E-state index in [2.05, 4.69) is 67.2 Å². The van der Waals surface area contributed by atoms with Crippen LogP contribution in [0.5, 0.6) is 0 Å². The van der Waals surface area contributed by atoms with Gasteiger partial charge in [-0.1, -0.05) is 49.7 Å². The molecule has 2 aromatic carbocycles. The highest BCUT2D eigenvalue weighted by Crippen LogP contribution is 2.47. The number of benzene rings is 2. The minimum absolute atomic E-state index is 0.190. The van der Waals surface area contributed by atoms with Crippen LogP contribution in [0.3, 0.4) is 0 Å². The number of hydrogen-bond acceptors (Lipinski definition) is 4. The molecule has 1 aromatic heterocycles. The molecule has 5 heteroatoms. The smallest absolute Gasteiger partial charge is 0.153 e. The van der Waals surface area contributed by atoms with Gasteiger partial charge < -0.3 is 5.73 Å². The van der Waals surface area contributed by atoms with Crippen LogP contribution in [-0.4, -0.2) is 21.4 Å². The van der Waals surface area contributed by atoms with Crippen LogP contribution in [0.2, 0.25) is 0 Å². The molecule has 0 radical (unpaired) electrons. The summed E-state index contributed by atoms with van der Waals surface area (Å²) in [6, 6.07) is 15.1. The number of aliphatic imine (C=N–C) groups is 1. The fraction of sp³-hybridized carbons (Fsp3) is 0.483. The minimum Gasteiger partial charge on any atom is -0.387 e. The highest BCUT2D eigenvalue weighted by molar-refractivity contribution is 6.09. The maximum Gasteiger partial charge on any atom is 0.153 e. The largest absolute Gasteiger partial charge is 0.387 e. The molecular weight excluding hydrogens is 420 g/mol. The second-order valence-electron chi connectivity index (χ2n) is 10.9. The molecule has 1 unspecified atom stereocenters. The van der Waals surface area contributed by atoms with E-state index < -0.39 is 5.54 Å². The monoisotopic (exact) mass is 454 g/mol. The van der Waals surface area contributed by atoms with Crippen molar-refractivity contribution in [3.63, 3.8) is 0 Å². The van der Waals surface area contributed by atoms with Gasteiger partial charge in [-0.05, 0) is 73.6 Å². The Morgan fingerprint density at radius 3 is 2.47 bits per heavy atom. The maximum absolute atomic E-state index is 14.0. The van der Waals surface area contributed by atoms with Gasteiger partial charge in [0.15, 0.2) is 5.78 Å². The fourth-order valence-corrected chi connectivity index (χ4v) is 5.75. The quantitative estimate of drug-likeness (QED) is 0.499. The minimum atomic E-state index is -0.763. The van der Waals surface area contributed by atoms with Crippen molar-refractivity contribution in [3.05, 3.63) is 65.4 Å². The Morgan fingerprint density at radius 1 is 1.06 bits per heavy atom. The molecule has 6 rings (SSSR count). The van der Waals surface area contributed by atoms with Gasteiger partial charge in [-0.3, -0.25) is 14.5 Å². The second-order valence-corrected chi connectivity index (χ2v) is 10.9. The van der Waals surface area contributed by atoms with E-state index in [-0.39, 0.29) is 17.6 Å². The number of hydrogen-bond donors (Lipinski definition) is 1. The molecule has 3 atom stereocenters. The molecule has 2 N–H and O–H groups in total. The molecular formula is C29H34N4O. The van der Waals surface area contributed by atoms with Crippen LogP contribution < -0.4 is 5.73 Å². The zero-order valence-corrected chi connectivity index (χ0v) is 20.2. The van der Waals surface area contributed by atoms with Gasteiger partial charge in [-0.15, -0.1) is 0 Å². The summed E-state index contributed by atoms with van der Waals surface area (Å²) >= 11 is 0. The van der Waals surface area contributed by atoms with Gasteiger partial charge >= 0.3 is 0 Å². The van der Waals surface area contributed by atoms with Crippen molar-refractivity contribution >= 4 is 22.5 Å². The first-order chi connectivity index (χ1) is 16.5. The molecule has 0 spiro atoms. The molecule has 34 heavy (non-hydrogen) atoms. The molecule has 2 aliphatic carbocycles. The molecule has 3 aliphatic rings. The Kier molecular flexibility index (Phi) is 5.12. The molecule has 2 fully saturated rings. The zero-order chi connectivity index (χ0) is 23.4. The molecule has 0 saturated heterocycles. The number of ketones is 1. The number of fused-ring (bicyclic) bond motifs is 1. The van der Waals surface area contributed by atoms with E-state index in [4.69, 9.17) is 15.8 Å². The number of rotatable bonds is 7. The lowest BCUT2D eigenvalue weighted by Gasteiger charge is -2.40. The number of carbonyl (C=O) groups is 1. The van der Waals surface area contributed by atoms with Crippen LogP contribution in [0, 0.1) is 11.8 Å². The molecule has 2 heterocycles. The van der Waals surface area contributed by atoms with Gasteiger partial charge in [0.25, 0.3) is 0 Å². The first-order valence-electron chi connectivity index (χ1n) is 12.9. The van der Waals surface area contributed by atoms with Crippen LogP contribution in [0.1, 0.15) is 80.9 Å². The molecule has 176 valence electrons. The van der Waals surface area contributed by atoms with Crippen molar-refractivity contribution in [2.75, 3.05) is 0 Å². The highest BCUT2D eigenvalue weighted by Gasteiger charge is 2.48. The van der Waals surface area contributed by atoms with Crippen LogP contribution in [-0.2, 0) is 16.9 Å². The molecule has 0 bridgehead atoms. The molecule has 3 aromatic rings. The Labute approximate surface area is 201 Å². The van der Waals surface area contributed by atoms with Crippen LogP contribution in [0.4, 0.5) is 0 Å². The SMILES string of the molecule is CCCC1C(=O)[C@H](c2ccc(C3CC3)cc2)[C@@](C)(c2ccc3cn(CC4CC4)nc3c2)N=C1N. The average molecular weight is 455 g/mol. The summed E-state index contributed by atoms with van der Waals surface area (Å²) in [5.41, 5.74) is 10.1. The normalized spacial score (nSPS) is 27.2. The van der Waals surface area contributed by atoms with Crippen LogP contribution >= 0.6 is 0 Å². The lowest BCUT2D eigenvalue weighted by atomic mass is 9.68. The van der Waals surface area contributed by atoms with Gasteiger partial charge in [0.2, 0.25) is 0 Å². The van der Waals surface area contributed by atoms with Crippen LogP contribution in [0.25, 0.3) is 10.9 Å². The molecule has 5 nitrogen and oxygen atoms in total. The molecule has 1 aliphatic heterocycles. The van der Waals surface area contributed by atoms with E-state index in [0.717, 1.165) is 47.3 Å². The third kappa shape index (κ3) is 3.75. The van der Waals surface area contributed by atoms with E-state index in [0.29, 0.717) is 11.8 Å². The number of aromatic nitrogens is 2. The Balaban J connectivity index is 1.43. The van der Waals surface area contributed by atoms with Gasteiger partial charge in [0.1, 0.15) is 5.84 Å². The van der Waals surface area contributed by atoms with Crippen molar-refractivity contribution in [1.82, 2.24) is 9.78 Å². The lowest BCUT2D eigenvalue weighted by Crippen LogP contribution is -2.47. The number of nitrogens with two attached hydrogens (primary N) is 1.